The second kappa shape index (κ2) is 7.69. The molecule has 5 heteroatoms. The van der Waals surface area contributed by atoms with Crippen LogP contribution in [0.5, 0.6) is 0 Å². The number of hydrogen-bond acceptors (Lipinski definition) is 3. The number of aromatic nitrogens is 1. The van der Waals surface area contributed by atoms with Crippen molar-refractivity contribution in [2.75, 3.05) is 0 Å². The van der Waals surface area contributed by atoms with Crippen LogP contribution < -0.4 is 5.32 Å². The highest BCUT2D eigenvalue weighted by molar-refractivity contribution is 8.18. The molecule has 0 saturated carbocycles. The van der Waals surface area contributed by atoms with E-state index in [1.165, 1.54) is 22.5 Å². The van der Waals surface area contributed by atoms with Gasteiger partial charge in [0.05, 0.1) is 10.6 Å². The zero-order valence-electron chi connectivity index (χ0n) is 16.4. The predicted octanol–water partition coefficient (Wildman–Crippen LogP) is 5.83. The Hall–Kier alpha value is -3.57. The van der Waals surface area contributed by atoms with Crippen LogP contribution in [0.15, 0.2) is 95.0 Å². The van der Waals surface area contributed by atoms with Crippen LogP contribution >= 0.6 is 11.8 Å². The maximum absolute atomic E-state index is 12.5. The Morgan fingerprint density at radius 2 is 1.73 bits per heavy atom. The molecule has 0 unspecified atom stereocenters. The van der Waals surface area contributed by atoms with Crippen molar-refractivity contribution in [2.45, 2.75) is 6.92 Å². The molecule has 30 heavy (non-hydrogen) atoms. The molecule has 0 spiro atoms. The van der Waals surface area contributed by atoms with Gasteiger partial charge in [0.2, 0.25) is 0 Å². The molecule has 1 aliphatic rings. The highest BCUT2D eigenvalue weighted by Crippen LogP contribution is 2.30. The quantitative estimate of drug-likeness (QED) is 0.433. The number of aliphatic imine (C=N–C) groups is 1. The van der Waals surface area contributed by atoms with E-state index in [0.717, 1.165) is 22.6 Å². The number of amidine groups is 1. The van der Waals surface area contributed by atoms with Gasteiger partial charge in [-0.3, -0.25) is 4.79 Å². The van der Waals surface area contributed by atoms with Crippen LogP contribution in [0.4, 0.5) is 5.69 Å². The van der Waals surface area contributed by atoms with E-state index >= 15 is 0 Å². The number of para-hydroxylation sites is 1. The van der Waals surface area contributed by atoms with Crippen LogP contribution in [0.25, 0.3) is 22.5 Å². The number of thioether (sulfide) groups is 1. The van der Waals surface area contributed by atoms with E-state index in [1.807, 2.05) is 67.7 Å². The summed E-state index contributed by atoms with van der Waals surface area (Å²) in [5, 5.41) is 5.86. The second-order valence-electron chi connectivity index (χ2n) is 7.10. The predicted molar refractivity (Wildman–Crippen MR) is 125 cm³/mol. The van der Waals surface area contributed by atoms with Crippen molar-refractivity contribution in [2.24, 2.45) is 4.99 Å². The van der Waals surface area contributed by atoms with E-state index in [2.05, 4.69) is 45.2 Å². The minimum absolute atomic E-state index is 0.126. The third kappa shape index (κ3) is 3.55. The molecule has 1 saturated heterocycles. The van der Waals surface area contributed by atoms with Gasteiger partial charge in [0.15, 0.2) is 5.17 Å². The minimum atomic E-state index is -0.126. The molecule has 0 radical (unpaired) electrons. The number of hydrogen-bond donors (Lipinski definition) is 1. The molecule has 0 atom stereocenters. The van der Waals surface area contributed by atoms with Crippen molar-refractivity contribution in [1.82, 2.24) is 9.88 Å². The standard InChI is InChI=1S/C25H19N3OS/c1-17-7-2-5-11-22(17)26-25-27-24(29)23(30-25)16-20-10-6-14-28(20)21-13-12-18-8-3-4-9-19(18)15-21/h2-16H,1H3,(H,26,27,29)/b23-16-. The fourth-order valence-corrected chi connectivity index (χ4v) is 4.31. The SMILES string of the molecule is Cc1ccccc1N=C1NC(=O)/C(=C/c2cccn2-c2ccc3ccccc3c2)S1. The molecule has 0 bridgehead atoms. The summed E-state index contributed by atoms with van der Waals surface area (Å²) < 4.78 is 2.09. The first-order valence-electron chi connectivity index (χ1n) is 9.69. The number of carbonyl (C=O) groups excluding carboxylic acids is 1. The van der Waals surface area contributed by atoms with Crippen molar-refractivity contribution in [3.8, 4) is 5.69 Å². The molecule has 1 aliphatic heterocycles. The highest BCUT2D eigenvalue weighted by atomic mass is 32.2. The van der Waals surface area contributed by atoms with Gasteiger partial charge < -0.3 is 9.88 Å². The molecule has 4 aromatic rings. The molecule has 5 rings (SSSR count). The Kier molecular flexibility index (Phi) is 4.73. The molecule has 146 valence electrons. The lowest BCUT2D eigenvalue weighted by Crippen LogP contribution is -2.19. The fraction of sp³-hybridized carbons (Fsp3) is 0.0400. The second-order valence-corrected chi connectivity index (χ2v) is 8.13. The Morgan fingerprint density at radius 1 is 0.933 bits per heavy atom. The lowest BCUT2D eigenvalue weighted by Gasteiger charge is -2.08. The minimum Gasteiger partial charge on any atom is -0.317 e. The molecular formula is C25H19N3OS. The Bertz CT molecular complexity index is 1330. The number of nitrogens with one attached hydrogen (secondary N) is 1. The number of fused-ring (bicyclic) bond motifs is 1. The monoisotopic (exact) mass is 409 g/mol. The Labute approximate surface area is 179 Å². The van der Waals surface area contributed by atoms with Crippen LogP contribution in [0, 0.1) is 6.92 Å². The largest absolute Gasteiger partial charge is 0.317 e. The van der Waals surface area contributed by atoms with E-state index in [1.54, 1.807) is 0 Å². The molecule has 1 aromatic heterocycles. The third-order valence-electron chi connectivity index (χ3n) is 5.06. The van der Waals surface area contributed by atoms with E-state index in [0.29, 0.717) is 10.1 Å². The van der Waals surface area contributed by atoms with Crippen LogP contribution in [0.1, 0.15) is 11.3 Å². The van der Waals surface area contributed by atoms with Crippen LogP contribution in [0.2, 0.25) is 0 Å². The molecule has 0 aliphatic carbocycles. The van der Waals surface area contributed by atoms with Crippen molar-refractivity contribution in [3.05, 3.63) is 101 Å². The normalized spacial score (nSPS) is 16.5. The highest BCUT2D eigenvalue weighted by Gasteiger charge is 2.24. The summed E-state index contributed by atoms with van der Waals surface area (Å²) in [4.78, 5) is 17.7. The van der Waals surface area contributed by atoms with Gasteiger partial charge in [-0.1, -0.05) is 48.5 Å². The zero-order chi connectivity index (χ0) is 20.5. The first-order valence-corrected chi connectivity index (χ1v) is 10.5. The van der Waals surface area contributed by atoms with Gasteiger partial charge >= 0.3 is 0 Å². The summed E-state index contributed by atoms with van der Waals surface area (Å²) in [6, 6.07) is 26.5. The Morgan fingerprint density at radius 3 is 2.60 bits per heavy atom. The summed E-state index contributed by atoms with van der Waals surface area (Å²) in [7, 11) is 0. The third-order valence-corrected chi connectivity index (χ3v) is 5.97. The van der Waals surface area contributed by atoms with E-state index in [4.69, 9.17) is 0 Å². The lowest BCUT2D eigenvalue weighted by atomic mass is 10.1. The van der Waals surface area contributed by atoms with Crippen molar-refractivity contribution in [1.29, 1.82) is 0 Å². The molecule has 1 fully saturated rings. The molecule has 1 amide bonds. The van der Waals surface area contributed by atoms with Gasteiger partial charge in [0.1, 0.15) is 0 Å². The summed E-state index contributed by atoms with van der Waals surface area (Å²) >= 11 is 1.36. The van der Waals surface area contributed by atoms with Crippen molar-refractivity contribution < 1.29 is 4.79 Å². The van der Waals surface area contributed by atoms with Crippen LogP contribution in [0.3, 0.4) is 0 Å². The molecule has 1 N–H and O–H groups in total. The zero-order valence-corrected chi connectivity index (χ0v) is 17.2. The lowest BCUT2D eigenvalue weighted by molar-refractivity contribution is -0.115. The summed E-state index contributed by atoms with van der Waals surface area (Å²) in [6.45, 7) is 2.01. The van der Waals surface area contributed by atoms with Crippen LogP contribution in [-0.4, -0.2) is 15.6 Å². The van der Waals surface area contributed by atoms with E-state index in [-0.39, 0.29) is 5.91 Å². The molecular weight excluding hydrogens is 390 g/mol. The molecule has 3 aromatic carbocycles. The first-order chi connectivity index (χ1) is 14.7. The topological polar surface area (TPSA) is 46.4 Å². The maximum Gasteiger partial charge on any atom is 0.264 e. The van der Waals surface area contributed by atoms with E-state index < -0.39 is 0 Å². The number of benzene rings is 3. The van der Waals surface area contributed by atoms with Crippen molar-refractivity contribution in [3.63, 3.8) is 0 Å². The summed E-state index contributed by atoms with van der Waals surface area (Å²) in [5.41, 5.74) is 3.94. The average molecular weight is 410 g/mol. The summed E-state index contributed by atoms with van der Waals surface area (Å²) in [6.07, 6.45) is 3.92. The van der Waals surface area contributed by atoms with Crippen LogP contribution in [-0.2, 0) is 4.79 Å². The number of nitrogens with zero attached hydrogens (tertiary/aromatic N) is 2. The maximum atomic E-state index is 12.5. The average Bonchev–Trinajstić information content (AvgIpc) is 3.36. The van der Waals surface area contributed by atoms with Crippen molar-refractivity contribution >= 4 is 45.4 Å². The van der Waals surface area contributed by atoms with Gasteiger partial charge in [-0.05, 0) is 71.4 Å². The molecule has 2 heterocycles. The molecule has 4 nitrogen and oxygen atoms in total. The number of rotatable bonds is 3. The fourth-order valence-electron chi connectivity index (χ4n) is 3.49. The van der Waals surface area contributed by atoms with Gasteiger partial charge in [0.25, 0.3) is 5.91 Å². The number of carbonyl (C=O) groups is 1. The smallest absolute Gasteiger partial charge is 0.264 e. The van der Waals surface area contributed by atoms with E-state index in [9.17, 15) is 4.79 Å². The Balaban J connectivity index is 1.47. The van der Waals surface area contributed by atoms with Gasteiger partial charge in [0, 0.05) is 17.6 Å². The van der Waals surface area contributed by atoms with Gasteiger partial charge in [-0.15, -0.1) is 0 Å². The number of aryl methyl sites for hydroxylation is 1. The summed E-state index contributed by atoms with van der Waals surface area (Å²) in [5.74, 6) is -0.126. The first kappa shape index (κ1) is 18.5. The van der Waals surface area contributed by atoms with Gasteiger partial charge in [-0.25, -0.2) is 4.99 Å². The number of amides is 1. The van der Waals surface area contributed by atoms with Gasteiger partial charge in [-0.2, -0.15) is 0 Å².